The van der Waals surface area contributed by atoms with Gasteiger partial charge in [-0.05, 0) is 37.6 Å². The zero-order chi connectivity index (χ0) is 21.4. The molecule has 0 atom stereocenters. The lowest BCUT2D eigenvalue weighted by molar-refractivity contribution is 0.0766. The number of thiazole rings is 1. The van der Waals surface area contributed by atoms with Gasteiger partial charge in [-0.3, -0.25) is 4.79 Å². The Morgan fingerprint density at radius 2 is 1.90 bits per heavy atom. The van der Waals surface area contributed by atoms with E-state index in [4.69, 9.17) is 16.6 Å². The van der Waals surface area contributed by atoms with Gasteiger partial charge in [0.25, 0.3) is 5.91 Å². The highest BCUT2D eigenvalue weighted by molar-refractivity contribution is 7.22. The summed E-state index contributed by atoms with van der Waals surface area (Å²) in [6, 6.07) is 11.6. The average molecular weight is 453 g/mol. The lowest BCUT2D eigenvalue weighted by Gasteiger charge is -2.23. The number of aromatic nitrogens is 4. The Morgan fingerprint density at radius 3 is 2.71 bits per heavy atom. The monoisotopic (exact) mass is 452 g/mol. The van der Waals surface area contributed by atoms with Gasteiger partial charge in [-0.2, -0.15) is 15.0 Å². The second-order valence-electron chi connectivity index (χ2n) is 7.55. The smallest absolute Gasteiger partial charge is 0.256 e. The van der Waals surface area contributed by atoms with E-state index in [-0.39, 0.29) is 5.91 Å². The molecule has 3 heterocycles. The molecule has 31 heavy (non-hydrogen) atoms. The summed E-state index contributed by atoms with van der Waals surface area (Å²) in [6.07, 6.45) is 4.10. The number of amides is 1. The third-order valence-electron chi connectivity index (χ3n) is 5.43. The molecule has 4 aromatic rings. The van der Waals surface area contributed by atoms with Gasteiger partial charge in [0.05, 0.1) is 33.4 Å². The molecule has 1 amide bonds. The van der Waals surface area contributed by atoms with Gasteiger partial charge < -0.3 is 9.80 Å². The van der Waals surface area contributed by atoms with E-state index in [0.717, 1.165) is 40.4 Å². The van der Waals surface area contributed by atoms with Crippen molar-refractivity contribution >= 4 is 44.2 Å². The van der Waals surface area contributed by atoms with Gasteiger partial charge in [-0.25, -0.2) is 4.98 Å². The standard InChI is InChI=1S/C22H21ClN6OS/c1-15-6-7-18(29-24-8-9-25-29)16(14-15)21(30)27-10-3-11-28(13-12-27)22-26-20-17(23)4-2-5-19(20)31-22/h2,4-9,14H,3,10-13H2,1H3. The highest BCUT2D eigenvalue weighted by atomic mass is 35.5. The van der Waals surface area contributed by atoms with Crippen molar-refractivity contribution in [3.63, 3.8) is 0 Å². The minimum absolute atomic E-state index is 0.00481. The molecule has 5 rings (SSSR count). The molecular formula is C22H21ClN6OS. The predicted molar refractivity (Wildman–Crippen MR) is 123 cm³/mol. The summed E-state index contributed by atoms with van der Waals surface area (Å²) in [7, 11) is 0. The zero-order valence-electron chi connectivity index (χ0n) is 17.0. The molecule has 0 spiro atoms. The summed E-state index contributed by atoms with van der Waals surface area (Å²) in [4.78, 5) is 23.9. The van der Waals surface area contributed by atoms with Crippen molar-refractivity contribution in [3.05, 3.63) is 64.9 Å². The molecule has 1 fully saturated rings. The van der Waals surface area contributed by atoms with E-state index in [2.05, 4.69) is 15.1 Å². The first-order chi connectivity index (χ1) is 15.1. The Bertz CT molecular complexity index is 1240. The van der Waals surface area contributed by atoms with E-state index in [1.807, 2.05) is 48.2 Å². The van der Waals surface area contributed by atoms with Crippen LogP contribution in [0.2, 0.25) is 5.02 Å². The van der Waals surface area contributed by atoms with Gasteiger partial charge >= 0.3 is 0 Å². The molecule has 1 aliphatic rings. The summed E-state index contributed by atoms with van der Waals surface area (Å²) < 4.78 is 1.08. The minimum Gasteiger partial charge on any atom is -0.346 e. The number of anilines is 1. The van der Waals surface area contributed by atoms with Crippen LogP contribution >= 0.6 is 22.9 Å². The summed E-state index contributed by atoms with van der Waals surface area (Å²) in [6.45, 7) is 4.88. The highest BCUT2D eigenvalue weighted by Gasteiger charge is 2.25. The van der Waals surface area contributed by atoms with Crippen LogP contribution in [0, 0.1) is 6.92 Å². The molecule has 9 heteroatoms. The van der Waals surface area contributed by atoms with Crippen LogP contribution in [-0.4, -0.2) is 57.0 Å². The number of hydrogen-bond donors (Lipinski definition) is 0. The maximum absolute atomic E-state index is 13.5. The van der Waals surface area contributed by atoms with Crippen LogP contribution in [0.3, 0.4) is 0 Å². The molecule has 158 valence electrons. The van der Waals surface area contributed by atoms with Gasteiger partial charge in [-0.15, -0.1) is 0 Å². The Morgan fingerprint density at radius 1 is 1.06 bits per heavy atom. The van der Waals surface area contributed by atoms with Gasteiger partial charge in [0.1, 0.15) is 5.52 Å². The summed E-state index contributed by atoms with van der Waals surface area (Å²) in [5.74, 6) is 0.00481. The van der Waals surface area contributed by atoms with Crippen molar-refractivity contribution in [3.8, 4) is 5.69 Å². The van der Waals surface area contributed by atoms with E-state index in [9.17, 15) is 4.79 Å². The zero-order valence-corrected chi connectivity index (χ0v) is 18.6. The van der Waals surface area contributed by atoms with Gasteiger partial charge in [-0.1, -0.05) is 40.6 Å². The first-order valence-electron chi connectivity index (χ1n) is 10.2. The number of para-hydroxylation sites is 1. The number of carbonyl (C=O) groups excluding carboxylic acids is 1. The van der Waals surface area contributed by atoms with Crippen molar-refractivity contribution in [2.75, 3.05) is 31.1 Å². The molecule has 0 saturated carbocycles. The predicted octanol–water partition coefficient (Wildman–Crippen LogP) is 4.19. The number of halogens is 1. The third-order valence-corrected chi connectivity index (χ3v) is 6.82. The van der Waals surface area contributed by atoms with E-state index in [0.29, 0.717) is 29.4 Å². The fourth-order valence-electron chi connectivity index (χ4n) is 3.86. The van der Waals surface area contributed by atoms with Gasteiger partial charge in [0, 0.05) is 26.2 Å². The Balaban J connectivity index is 1.38. The molecule has 0 bridgehead atoms. The molecule has 7 nitrogen and oxygen atoms in total. The van der Waals surface area contributed by atoms with Gasteiger partial charge in [0.2, 0.25) is 0 Å². The van der Waals surface area contributed by atoms with Crippen LogP contribution in [0.4, 0.5) is 5.13 Å². The van der Waals surface area contributed by atoms with E-state index >= 15 is 0 Å². The van der Waals surface area contributed by atoms with E-state index in [1.165, 1.54) is 4.80 Å². The number of fused-ring (bicyclic) bond motifs is 1. The first kappa shape index (κ1) is 20.0. The van der Waals surface area contributed by atoms with E-state index < -0.39 is 0 Å². The normalized spacial score (nSPS) is 14.8. The largest absolute Gasteiger partial charge is 0.346 e. The van der Waals surface area contributed by atoms with Crippen molar-refractivity contribution < 1.29 is 4.79 Å². The first-order valence-corrected chi connectivity index (χ1v) is 11.4. The molecule has 2 aromatic carbocycles. The number of hydrogen-bond acceptors (Lipinski definition) is 6. The van der Waals surface area contributed by atoms with Crippen LogP contribution in [0.15, 0.2) is 48.8 Å². The second-order valence-corrected chi connectivity index (χ2v) is 8.97. The van der Waals surface area contributed by atoms with Crippen LogP contribution in [0.1, 0.15) is 22.3 Å². The molecular weight excluding hydrogens is 432 g/mol. The number of benzene rings is 2. The van der Waals surface area contributed by atoms with Crippen LogP contribution in [0.5, 0.6) is 0 Å². The highest BCUT2D eigenvalue weighted by Crippen LogP contribution is 2.33. The average Bonchev–Trinajstić information content (AvgIpc) is 3.39. The van der Waals surface area contributed by atoms with Crippen molar-refractivity contribution in [1.82, 2.24) is 24.9 Å². The topological polar surface area (TPSA) is 67.2 Å². The Labute approximate surface area is 188 Å². The SMILES string of the molecule is Cc1ccc(-n2nccn2)c(C(=O)N2CCCN(c3nc4c(Cl)cccc4s3)CC2)c1. The lowest BCUT2D eigenvalue weighted by atomic mass is 10.1. The van der Waals surface area contributed by atoms with Gasteiger partial charge in [0.15, 0.2) is 5.13 Å². The third kappa shape index (κ3) is 3.88. The molecule has 1 aliphatic heterocycles. The number of carbonyl (C=O) groups is 1. The maximum atomic E-state index is 13.5. The van der Waals surface area contributed by atoms with E-state index in [1.54, 1.807) is 23.7 Å². The maximum Gasteiger partial charge on any atom is 0.256 e. The molecule has 1 saturated heterocycles. The molecule has 0 N–H and O–H groups in total. The Hall–Kier alpha value is -2.97. The van der Waals surface area contributed by atoms with Crippen molar-refractivity contribution in [1.29, 1.82) is 0 Å². The van der Waals surface area contributed by atoms with Crippen LogP contribution < -0.4 is 4.90 Å². The lowest BCUT2D eigenvalue weighted by Crippen LogP contribution is -2.35. The Kier molecular flexibility index (Phi) is 5.33. The van der Waals surface area contributed by atoms with Crippen molar-refractivity contribution in [2.45, 2.75) is 13.3 Å². The summed E-state index contributed by atoms with van der Waals surface area (Å²) in [5.41, 5.74) is 3.19. The molecule has 0 radical (unpaired) electrons. The number of aryl methyl sites for hydroxylation is 1. The van der Waals surface area contributed by atoms with Crippen LogP contribution in [0.25, 0.3) is 15.9 Å². The van der Waals surface area contributed by atoms with Crippen molar-refractivity contribution in [2.24, 2.45) is 0 Å². The quantitative estimate of drug-likeness (QED) is 0.466. The summed E-state index contributed by atoms with van der Waals surface area (Å²) >= 11 is 7.95. The van der Waals surface area contributed by atoms with Crippen LogP contribution in [-0.2, 0) is 0 Å². The molecule has 0 aliphatic carbocycles. The fraction of sp³-hybridized carbons (Fsp3) is 0.273. The summed E-state index contributed by atoms with van der Waals surface area (Å²) in [5, 5.41) is 10.0. The number of nitrogens with zero attached hydrogens (tertiary/aromatic N) is 6. The fourth-order valence-corrected chi connectivity index (χ4v) is 5.17. The minimum atomic E-state index is 0.00481. The second kappa shape index (κ2) is 8.28. The molecule has 2 aromatic heterocycles. The molecule has 0 unspecified atom stereocenters. The number of rotatable bonds is 3.